The quantitative estimate of drug-likeness (QED) is 0.703. The van der Waals surface area contributed by atoms with Crippen LogP contribution in [0, 0.1) is 0 Å². The van der Waals surface area contributed by atoms with E-state index in [4.69, 9.17) is 27.9 Å². The molecule has 0 atom stereocenters. The van der Waals surface area contributed by atoms with E-state index in [1.807, 2.05) is 18.2 Å². The van der Waals surface area contributed by atoms with Gasteiger partial charge in [-0.05, 0) is 30.5 Å². The van der Waals surface area contributed by atoms with E-state index >= 15 is 0 Å². The van der Waals surface area contributed by atoms with E-state index < -0.39 is 0 Å². The molecule has 0 amide bonds. The normalized spacial score (nSPS) is 10.4. The Balaban J connectivity index is 2.64. The van der Waals surface area contributed by atoms with Gasteiger partial charge in [-0.3, -0.25) is 0 Å². The van der Waals surface area contributed by atoms with Gasteiger partial charge in [0.2, 0.25) is 0 Å². The van der Waals surface area contributed by atoms with Crippen molar-refractivity contribution in [2.45, 2.75) is 12.8 Å². The zero-order valence-corrected chi connectivity index (χ0v) is 9.03. The molecule has 3 heteroatoms. The predicted octanol–water partition coefficient (Wildman–Crippen LogP) is 3.57. The molecule has 0 aromatic heterocycles. The largest absolute Gasteiger partial charge is 0.385 e. The number of rotatable bonds is 4. The van der Waals surface area contributed by atoms with Gasteiger partial charge >= 0.3 is 0 Å². The van der Waals surface area contributed by atoms with Gasteiger partial charge in [-0.25, -0.2) is 0 Å². The summed E-state index contributed by atoms with van der Waals surface area (Å²) in [6, 6.07) is 5.57. The van der Waals surface area contributed by atoms with Crippen molar-refractivity contribution in [2.24, 2.45) is 0 Å². The Labute approximate surface area is 88.6 Å². The predicted molar refractivity (Wildman–Crippen MR) is 56.7 cm³/mol. The molecule has 0 heterocycles. The molecule has 0 aliphatic carbocycles. The van der Waals surface area contributed by atoms with Gasteiger partial charge in [0.25, 0.3) is 0 Å². The van der Waals surface area contributed by atoms with Crippen LogP contribution >= 0.6 is 23.2 Å². The Morgan fingerprint density at radius 1 is 1.23 bits per heavy atom. The third-order valence-electron chi connectivity index (χ3n) is 1.84. The summed E-state index contributed by atoms with van der Waals surface area (Å²) in [5.41, 5.74) is 1.02. The van der Waals surface area contributed by atoms with Crippen molar-refractivity contribution in [3.63, 3.8) is 0 Å². The van der Waals surface area contributed by atoms with Gasteiger partial charge in [0.05, 0.1) is 0 Å². The highest BCUT2D eigenvalue weighted by Crippen LogP contribution is 2.25. The van der Waals surface area contributed by atoms with E-state index in [1.165, 1.54) is 0 Å². The molecule has 0 fully saturated rings. The van der Waals surface area contributed by atoms with Crippen LogP contribution in [0.4, 0.5) is 0 Å². The highest BCUT2D eigenvalue weighted by molar-refractivity contribution is 6.35. The molecule has 0 saturated heterocycles. The van der Waals surface area contributed by atoms with Crippen molar-refractivity contribution >= 4 is 23.2 Å². The van der Waals surface area contributed by atoms with Crippen LogP contribution in [0.2, 0.25) is 10.0 Å². The Morgan fingerprint density at radius 3 is 2.38 bits per heavy atom. The monoisotopic (exact) mass is 218 g/mol. The van der Waals surface area contributed by atoms with Crippen LogP contribution in [-0.4, -0.2) is 13.7 Å². The van der Waals surface area contributed by atoms with Gasteiger partial charge in [0.15, 0.2) is 0 Å². The van der Waals surface area contributed by atoms with Gasteiger partial charge in [-0.1, -0.05) is 29.3 Å². The van der Waals surface area contributed by atoms with E-state index in [9.17, 15) is 0 Å². The smallest absolute Gasteiger partial charge is 0.0465 e. The maximum Gasteiger partial charge on any atom is 0.0465 e. The summed E-state index contributed by atoms with van der Waals surface area (Å²) in [5.74, 6) is 0. The van der Waals surface area contributed by atoms with Crippen LogP contribution in [0.1, 0.15) is 12.0 Å². The van der Waals surface area contributed by atoms with Crippen molar-refractivity contribution in [3.8, 4) is 0 Å². The maximum absolute atomic E-state index is 5.98. The molecule has 0 unspecified atom stereocenters. The second-order valence-corrected chi connectivity index (χ2v) is 3.61. The fraction of sp³-hybridized carbons (Fsp3) is 0.400. The molecule has 0 radical (unpaired) electrons. The van der Waals surface area contributed by atoms with E-state index in [1.54, 1.807) is 7.11 Å². The number of halogens is 2. The lowest BCUT2D eigenvalue weighted by molar-refractivity contribution is 0.195. The molecule has 1 aromatic rings. The number of hydrogen-bond donors (Lipinski definition) is 0. The maximum atomic E-state index is 5.98. The standard InChI is InChI=1S/C10H12Cl2O/c1-13-7-3-4-8-9(11)5-2-6-10(8)12/h2,5-6H,3-4,7H2,1H3. The van der Waals surface area contributed by atoms with Crippen LogP contribution in [0.3, 0.4) is 0 Å². The van der Waals surface area contributed by atoms with E-state index in [0.717, 1.165) is 35.1 Å². The van der Waals surface area contributed by atoms with E-state index in [-0.39, 0.29) is 0 Å². The van der Waals surface area contributed by atoms with Crippen LogP contribution in [0.25, 0.3) is 0 Å². The Morgan fingerprint density at radius 2 is 1.85 bits per heavy atom. The number of methoxy groups -OCH3 is 1. The molecule has 0 saturated carbocycles. The highest BCUT2D eigenvalue weighted by Gasteiger charge is 2.03. The molecule has 0 aliphatic heterocycles. The molecule has 72 valence electrons. The summed E-state index contributed by atoms with van der Waals surface area (Å²) in [6.07, 6.45) is 1.81. The second kappa shape index (κ2) is 5.48. The second-order valence-electron chi connectivity index (χ2n) is 2.80. The Hall–Kier alpha value is -0.240. The fourth-order valence-electron chi connectivity index (χ4n) is 1.16. The summed E-state index contributed by atoms with van der Waals surface area (Å²) >= 11 is 12.0. The minimum atomic E-state index is 0.738. The molecule has 1 nitrogen and oxygen atoms in total. The lowest BCUT2D eigenvalue weighted by Gasteiger charge is -2.05. The molecular weight excluding hydrogens is 207 g/mol. The van der Waals surface area contributed by atoms with E-state index in [2.05, 4.69) is 0 Å². The molecule has 1 rings (SSSR count). The first-order valence-electron chi connectivity index (χ1n) is 4.17. The van der Waals surface area contributed by atoms with Gasteiger partial charge in [-0.2, -0.15) is 0 Å². The summed E-state index contributed by atoms with van der Waals surface area (Å²) in [7, 11) is 1.69. The number of benzene rings is 1. The summed E-state index contributed by atoms with van der Waals surface area (Å²) < 4.78 is 4.96. The Bertz CT molecular complexity index is 253. The zero-order chi connectivity index (χ0) is 9.68. The van der Waals surface area contributed by atoms with Crippen molar-refractivity contribution in [1.82, 2.24) is 0 Å². The van der Waals surface area contributed by atoms with Crippen LogP contribution in [-0.2, 0) is 11.2 Å². The molecule has 0 aliphatic rings. The molecular formula is C10H12Cl2O. The number of ether oxygens (including phenoxy) is 1. The average Bonchev–Trinajstić information content (AvgIpc) is 2.10. The van der Waals surface area contributed by atoms with Gasteiger partial charge in [0, 0.05) is 23.8 Å². The molecule has 0 spiro atoms. The Kier molecular flexibility index (Phi) is 4.57. The van der Waals surface area contributed by atoms with Crippen molar-refractivity contribution in [1.29, 1.82) is 0 Å². The topological polar surface area (TPSA) is 9.23 Å². The molecule has 13 heavy (non-hydrogen) atoms. The lowest BCUT2D eigenvalue weighted by atomic mass is 10.1. The summed E-state index contributed by atoms with van der Waals surface area (Å²) in [6.45, 7) is 0.738. The third-order valence-corrected chi connectivity index (χ3v) is 2.55. The minimum Gasteiger partial charge on any atom is -0.385 e. The average molecular weight is 219 g/mol. The van der Waals surface area contributed by atoms with Gasteiger partial charge < -0.3 is 4.74 Å². The highest BCUT2D eigenvalue weighted by atomic mass is 35.5. The van der Waals surface area contributed by atoms with Crippen molar-refractivity contribution in [3.05, 3.63) is 33.8 Å². The molecule has 0 bridgehead atoms. The fourth-order valence-corrected chi connectivity index (χ4v) is 1.75. The SMILES string of the molecule is COCCCc1c(Cl)cccc1Cl. The van der Waals surface area contributed by atoms with Crippen LogP contribution in [0.15, 0.2) is 18.2 Å². The lowest BCUT2D eigenvalue weighted by Crippen LogP contribution is -1.94. The molecule has 0 N–H and O–H groups in total. The summed E-state index contributed by atoms with van der Waals surface area (Å²) in [5, 5.41) is 1.48. The zero-order valence-electron chi connectivity index (χ0n) is 7.52. The minimum absolute atomic E-state index is 0.738. The number of hydrogen-bond acceptors (Lipinski definition) is 1. The van der Waals surface area contributed by atoms with Crippen LogP contribution in [0.5, 0.6) is 0 Å². The first-order chi connectivity index (χ1) is 6.25. The summed E-state index contributed by atoms with van der Waals surface area (Å²) in [4.78, 5) is 0. The van der Waals surface area contributed by atoms with E-state index in [0.29, 0.717) is 0 Å². The third kappa shape index (κ3) is 3.18. The van der Waals surface area contributed by atoms with Gasteiger partial charge in [0.1, 0.15) is 0 Å². The van der Waals surface area contributed by atoms with Gasteiger partial charge in [-0.15, -0.1) is 0 Å². The van der Waals surface area contributed by atoms with Crippen LogP contribution < -0.4 is 0 Å². The first-order valence-corrected chi connectivity index (χ1v) is 4.93. The molecule has 1 aromatic carbocycles. The van der Waals surface area contributed by atoms with Crippen molar-refractivity contribution < 1.29 is 4.74 Å². The first kappa shape index (κ1) is 10.8. The van der Waals surface area contributed by atoms with Crippen molar-refractivity contribution in [2.75, 3.05) is 13.7 Å².